The lowest BCUT2D eigenvalue weighted by atomic mass is 9.89. The predicted octanol–water partition coefficient (Wildman–Crippen LogP) is 2.76. The molecule has 0 radical (unpaired) electrons. The van der Waals surface area contributed by atoms with Crippen LogP contribution >= 0.6 is 0 Å². The van der Waals surface area contributed by atoms with E-state index >= 15 is 0 Å². The summed E-state index contributed by atoms with van der Waals surface area (Å²) in [4.78, 5) is 0. The van der Waals surface area contributed by atoms with Gasteiger partial charge in [-0.05, 0) is 49.8 Å². The smallest absolute Gasteiger partial charge is 0.126 e. The van der Waals surface area contributed by atoms with Crippen molar-refractivity contribution in [3.05, 3.63) is 35.1 Å². The van der Waals surface area contributed by atoms with Gasteiger partial charge < -0.3 is 10.2 Å². The van der Waals surface area contributed by atoms with E-state index in [1.807, 2.05) is 13.0 Å². The zero-order chi connectivity index (χ0) is 13.0. The molecule has 1 aromatic carbocycles. The molecule has 0 aliphatic heterocycles. The van der Waals surface area contributed by atoms with E-state index in [4.69, 9.17) is 0 Å². The van der Waals surface area contributed by atoms with Gasteiger partial charge in [0.2, 0.25) is 0 Å². The molecule has 3 unspecified atom stereocenters. The second-order valence-electron chi connectivity index (χ2n) is 4.66. The summed E-state index contributed by atoms with van der Waals surface area (Å²) in [5.41, 5.74) is 1.64. The predicted molar refractivity (Wildman–Crippen MR) is 66.5 cm³/mol. The van der Waals surface area contributed by atoms with Crippen molar-refractivity contribution in [2.24, 2.45) is 0 Å². The molecule has 0 saturated carbocycles. The van der Waals surface area contributed by atoms with Crippen LogP contribution in [-0.2, 0) is 0 Å². The maximum atomic E-state index is 13.2. The van der Waals surface area contributed by atoms with Crippen molar-refractivity contribution in [1.82, 2.24) is 0 Å². The highest BCUT2D eigenvalue weighted by Crippen LogP contribution is 2.27. The normalized spacial score (nSPS) is 16.6. The maximum absolute atomic E-state index is 13.2. The average Bonchev–Trinajstić information content (AvgIpc) is 2.29. The molecule has 0 aliphatic carbocycles. The second kappa shape index (κ2) is 6.12. The molecule has 2 N–H and O–H groups in total. The van der Waals surface area contributed by atoms with Crippen molar-refractivity contribution >= 4 is 0 Å². The first-order chi connectivity index (χ1) is 7.95. The molecular weight excluding hydrogens is 219 g/mol. The second-order valence-corrected chi connectivity index (χ2v) is 4.66. The molecule has 17 heavy (non-hydrogen) atoms. The highest BCUT2D eigenvalue weighted by molar-refractivity contribution is 5.27. The van der Waals surface area contributed by atoms with Gasteiger partial charge in [-0.1, -0.05) is 19.1 Å². The van der Waals surface area contributed by atoms with Crippen LogP contribution in [0.2, 0.25) is 0 Å². The Hall–Kier alpha value is -0.930. The topological polar surface area (TPSA) is 40.5 Å². The molecule has 0 bridgehead atoms. The van der Waals surface area contributed by atoms with Gasteiger partial charge in [0, 0.05) is 0 Å². The molecule has 2 nitrogen and oxygen atoms in total. The highest BCUT2D eigenvalue weighted by atomic mass is 19.1. The minimum absolute atomic E-state index is 0.152. The van der Waals surface area contributed by atoms with Crippen LogP contribution in [0.15, 0.2) is 18.2 Å². The molecule has 0 aliphatic rings. The molecule has 0 fully saturated rings. The summed E-state index contributed by atoms with van der Waals surface area (Å²) in [7, 11) is 0. The van der Waals surface area contributed by atoms with E-state index in [-0.39, 0.29) is 11.7 Å². The summed E-state index contributed by atoms with van der Waals surface area (Å²) < 4.78 is 13.2. The Morgan fingerprint density at radius 3 is 2.41 bits per heavy atom. The van der Waals surface area contributed by atoms with Gasteiger partial charge in [-0.2, -0.15) is 0 Å². The largest absolute Gasteiger partial charge is 0.391 e. The van der Waals surface area contributed by atoms with Crippen LogP contribution in [0.3, 0.4) is 0 Å². The number of halogens is 1. The maximum Gasteiger partial charge on any atom is 0.126 e. The molecule has 1 aromatic rings. The Morgan fingerprint density at radius 2 is 1.94 bits per heavy atom. The Labute approximate surface area is 102 Å². The molecule has 1 rings (SSSR count). The summed E-state index contributed by atoms with van der Waals surface area (Å²) >= 11 is 0. The fourth-order valence-corrected chi connectivity index (χ4v) is 1.95. The lowest BCUT2D eigenvalue weighted by Crippen LogP contribution is -2.24. The first kappa shape index (κ1) is 14.1. The molecular formula is C14H21FO2. The molecule has 3 heteroatoms. The van der Waals surface area contributed by atoms with Crippen molar-refractivity contribution in [2.75, 3.05) is 0 Å². The number of rotatable bonds is 5. The van der Waals surface area contributed by atoms with E-state index in [0.717, 1.165) is 12.0 Å². The number of aliphatic hydroxyl groups is 2. The monoisotopic (exact) mass is 240 g/mol. The van der Waals surface area contributed by atoms with Crippen molar-refractivity contribution in [2.45, 2.75) is 51.7 Å². The summed E-state index contributed by atoms with van der Waals surface area (Å²) in [6, 6.07) is 5.03. The zero-order valence-corrected chi connectivity index (χ0v) is 10.7. The standard InChI is InChI=1S/C14H21FO2/c1-4-11(8-14(17)10(3)16)12-5-6-13(15)9(2)7-12/h5-7,10-11,14,16-17H,4,8H2,1-3H3. The van der Waals surface area contributed by atoms with E-state index in [2.05, 4.69) is 0 Å². The third kappa shape index (κ3) is 3.79. The zero-order valence-electron chi connectivity index (χ0n) is 10.7. The van der Waals surface area contributed by atoms with Crippen LogP contribution in [0.25, 0.3) is 0 Å². The molecule has 3 atom stereocenters. The summed E-state index contributed by atoms with van der Waals surface area (Å²) in [5, 5.41) is 19.0. The minimum Gasteiger partial charge on any atom is -0.391 e. The lowest BCUT2D eigenvalue weighted by molar-refractivity contribution is 0.0215. The molecule has 0 spiro atoms. The number of aliphatic hydroxyl groups excluding tert-OH is 2. The van der Waals surface area contributed by atoms with Gasteiger partial charge in [0.05, 0.1) is 12.2 Å². The van der Waals surface area contributed by atoms with E-state index in [0.29, 0.717) is 12.0 Å². The molecule has 0 saturated heterocycles. The van der Waals surface area contributed by atoms with Gasteiger partial charge in [-0.3, -0.25) is 0 Å². The number of hydrogen-bond donors (Lipinski definition) is 2. The van der Waals surface area contributed by atoms with Gasteiger partial charge >= 0.3 is 0 Å². The van der Waals surface area contributed by atoms with Crippen molar-refractivity contribution in [3.8, 4) is 0 Å². The van der Waals surface area contributed by atoms with Gasteiger partial charge in [0.1, 0.15) is 5.82 Å². The van der Waals surface area contributed by atoms with Crippen LogP contribution < -0.4 is 0 Å². The van der Waals surface area contributed by atoms with Crippen LogP contribution in [0.5, 0.6) is 0 Å². The Morgan fingerprint density at radius 1 is 1.29 bits per heavy atom. The van der Waals surface area contributed by atoms with E-state index in [1.54, 1.807) is 19.9 Å². The Bertz CT molecular complexity index is 363. The van der Waals surface area contributed by atoms with Crippen molar-refractivity contribution < 1.29 is 14.6 Å². The van der Waals surface area contributed by atoms with Crippen LogP contribution in [-0.4, -0.2) is 22.4 Å². The van der Waals surface area contributed by atoms with Gasteiger partial charge in [-0.25, -0.2) is 4.39 Å². The fourth-order valence-electron chi connectivity index (χ4n) is 1.95. The third-order valence-electron chi connectivity index (χ3n) is 3.23. The first-order valence-corrected chi connectivity index (χ1v) is 6.07. The Balaban J connectivity index is 2.82. The molecule has 96 valence electrons. The highest BCUT2D eigenvalue weighted by Gasteiger charge is 2.18. The van der Waals surface area contributed by atoms with Crippen LogP contribution in [0.1, 0.15) is 43.7 Å². The summed E-state index contributed by atoms with van der Waals surface area (Å²) in [6.07, 6.45) is -0.107. The van der Waals surface area contributed by atoms with Crippen molar-refractivity contribution in [3.63, 3.8) is 0 Å². The lowest BCUT2D eigenvalue weighted by Gasteiger charge is -2.21. The SMILES string of the molecule is CCC(CC(O)C(C)O)c1ccc(F)c(C)c1. The molecule has 0 aromatic heterocycles. The van der Waals surface area contributed by atoms with Gasteiger partial charge in [0.15, 0.2) is 0 Å². The van der Waals surface area contributed by atoms with Crippen LogP contribution in [0.4, 0.5) is 4.39 Å². The number of benzene rings is 1. The van der Waals surface area contributed by atoms with Gasteiger partial charge in [-0.15, -0.1) is 0 Å². The first-order valence-electron chi connectivity index (χ1n) is 6.07. The molecule has 0 amide bonds. The van der Waals surface area contributed by atoms with E-state index in [1.165, 1.54) is 6.07 Å². The van der Waals surface area contributed by atoms with Crippen LogP contribution in [0, 0.1) is 12.7 Å². The summed E-state index contributed by atoms with van der Waals surface area (Å²) in [5.74, 6) is -0.0569. The Kier molecular flexibility index (Phi) is 5.09. The van der Waals surface area contributed by atoms with Gasteiger partial charge in [0.25, 0.3) is 0 Å². The van der Waals surface area contributed by atoms with E-state index in [9.17, 15) is 14.6 Å². The third-order valence-corrected chi connectivity index (χ3v) is 3.23. The number of hydrogen-bond acceptors (Lipinski definition) is 2. The van der Waals surface area contributed by atoms with E-state index < -0.39 is 12.2 Å². The number of aryl methyl sites for hydroxylation is 1. The average molecular weight is 240 g/mol. The molecule has 0 heterocycles. The minimum atomic E-state index is -0.731. The van der Waals surface area contributed by atoms with Crippen molar-refractivity contribution in [1.29, 1.82) is 0 Å². The summed E-state index contributed by atoms with van der Waals surface area (Å²) in [6.45, 7) is 5.34. The fraction of sp³-hybridized carbons (Fsp3) is 0.571. The quantitative estimate of drug-likeness (QED) is 0.830.